The van der Waals surface area contributed by atoms with E-state index in [1.165, 1.54) is 0 Å². The molecule has 0 fully saturated rings. The molecule has 0 unspecified atom stereocenters. The van der Waals surface area contributed by atoms with Gasteiger partial charge >= 0.3 is 0 Å². The van der Waals surface area contributed by atoms with Crippen molar-refractivity contribution in [3.8, 4) is 0 Å². The minimum atomic E-state index is -0.235. The zero-order valence-corrected chi connectivity index (χ0v) is 13.7. The molecule has 0 atom stereocenters. The fourth-order valence-corrected chi connectivity index (χ4v) is 2.46. The number of aliphatic hydroxyl groups is 1. The third kappa shape index (κ3) is 4.23. The molecule has 2 N–H and O–H groups in total. The first-order valence-electron chi connectivity index (χ1n) is 6.35. The minimum absolute atomic E-state index is 0.0774. The van der Waals surface area contributed by atoms with Crippen molar-refractivity contribution in [2.45, 2.75) is 31.6 Å². The Balaban J connectivity index is 2.77. The van der Waals surface area contributed by atoms with Crippen LogP contribution in [-0.4, -0.2) is 24.2 Å². The third-order valence-corrected chi connectivity index (χ3v) is 4.62. The summed E-state index contributed by atoms with van der Waals surface area (Å²) < 4.78 is 0.741. The van der Waals surface area contributed by atoms with E-state index in [-0.39, 0.29) is 17.9 Å². The van der Waals surface area contributed by atoms with Gasteiger partial charge < -0.3 is 10.4 Å². The molecule has 1 amide bonds. The number of hydrogen-bond acceptors (Lipinski definition) is 3. The molecule has 1 aromatic rings. The van der Waals surface area contributed by atoms with Gasteiger partial charge in [-0.1, -0.05) is 13.8 Å². The predicted octanol–water partition coefficient (Wildman–Crippen LogP) is 3.27. The average molecular weight is 346 g/mol. The summed E-state index contributed by atoms with van der Waals surface area (Å²) >= 11 is 7.59. The molecule has 0 heterocycles. The second-order valence-electron chi connectivity index (χ2n) is 4.71. The molecule has 3 nitrogen and oxygen atoms in total. The molecule has 1 rings (SSSR count). The van der Waals surface area contributed by atoms with Gasteiger partial charge in [0.1, 0.15) is 0 Å². The number of benzene rings is 1. The second kappa shape index (κ2) is 7.31. The van der Waals surface area contributed by atoms with Crippen LogP contribution in [0.3, 0.4) is 0 Å². The van der Waals surface area contributed by atoms with Crippen molar-refractivity contribution in [3.63, 3.8) is 0 Å². The van der Waals surface area contributed by atoms with E-state index >= 15 is 0 Å². The SMILES string of the molecule is CCC(CC)(CO)CNC(=O)c1cc(S)ccc1Br. The van der Waals surface area contributed by atoms with E-state index in [4.69, 9.17) is 0 Å². The maximum absolute atomic E-state index is 12.2. The monoisotopic (exact) mass is 345 g/mol. The van der Waals surface area contributed by atoms with Crippen LogP contribution in [-0.2, 0) is 0 Å². The normalized spacial score (nSPS) is 11.4. The van der Waals surface area contributed by atoms with E-state index in [1.807, 2.05) is 19.9 Å². The highest BCUT2D eigenvalue weighted by molar-refractivity contribution is 9.10. The van der Waals surface area contributed by atoms with Crippen LogP contribution in [0.2, 0.25) is 0 Å². The highest BCUT2D eigenvalue weighted by Crippen LogP contribution is 2.25. The molecular formula is C14H20BrNO2S. The molecule has 106 valence electrons. The van der Waals surface area contributed by atoms with E-state index in [9.17, 15) is 9.90 Å². The van der Waals surface area contributed by atoms with E-state index < -0.39 is 0 Å². The second-order valence-corrected chi connectivity index (χ2v) is 6.08. The maximum Gasteiger partial charge on any atom is 0.252 e. The maximum atomic E-state index is 12.2. The molecule has 0 aromatic heterocycles. The van der Waals surface area contributed by atoms with Crippen molar-refractivity contribution >= 4 is 34.5 Å². The lowest BCUT2D eigenvalue weighted by molar-refractivity contribution is 0.0850. The lowest BCUT2D eigenvalue weighted by atomic mass is 9.83. The first-order chi connectivity index (χ1) is 8.98. The van der Waals surface area contributed by atoms with Gasteiger partial charge in [-0.25, -0.2) is 0 Å². The van der Waals surface area contributed by atoms with Crippen LogP contribution in [0.25, 0.3) is 0 Å². The van der Waals surface area contributed by atoms with E-state index in [0.29, 0.717) is 12.1 Å². The molecular weight excluding hydrogens is 326 g/mol. The molecule has 0 bridgehead atoms. The zero-order valence-electron chi connectivity index (χ0n) is 11.2. The quantitative estimate of drug-likeness (QED) is 0.693. The summed E-state index contributed by atoms with van der Waals surface area (Å²) in [5.41, 5.74) is 0.326. The summed E-state index contributed by atoms with van der Waals surface area (Å²) in [5, 5.41) is 12.4. The van der Waals surface area contributed by atoms with Crippen LogP contribution in [0.1, 0.15) is 37.0 Å². The van der Waals surface area contributed by atoms with Crippen molar-refractivity contribution in [2.75, 3.05) is 13.2 Å². The van der Waals surface area contributed by atoms with Gasteiger partial charge in [0.05, 0.1) is 12.2 Å². The van der Waals surface area contributed by atoms with Crippen LogP contribution in [0.4, 0.5) is 0 Å². The van der Waals surface area contributed by atoms with Crippen molar-refractivity contribution < 1.29 is 9.90 Å². The zero-order chi connectivity index (χ0) is 14.5. The molecule has 0 spiro atoms. The van der Waals surface area contributed by atoms with Crippen LogP contribution in [0.5, 0.6) is 0 Å². The largest absolute Gasteiger partial charge is 0.396 e. The third-order valence-electron chi connectivity index (χ3n) is 3.65. The molecule has 0 aliphatic carbocycles. The highest BCUT2D eigenvalue weighted by Gasteiger charge is 2.26. The summed E-state index contributed by atoms with van der Waals surface area (Å²) in [5.74, 6) is -0.150. The lowest BCUT2D eigenvalue weighted by Crippen LogP contribution is -2.39. The number of carbonyl (C=O) groups is 1. The summed E-state index contributed by atoms with van der Waals surface area (Å²) in [4.78, 5) is 12.9. The van der Waals surface area contributed by atoms with Crippen LogP contribution in [0.15, 0.2) is 27.6 Å². The van der Waals surface area contributed by atoms with Crippen LogP contribution < -0.4 is 5.32 Å². The van der Waals surface area contributed by atoms with E-state index in [0.717, 1.165) is 22.2 Å². The number of rotatable bonds is 6. The van der Waals surface area contributed by atoms with Gasteiger partial charge in [0.2, 0.25) is 0 Å². The Morgan fingerprint density at radius 1 is 1.42 bits per heavy atom. The Hall–Kier alpha value is -0.520. The first-order valence-corrected chi connectivity index (χ1v) is 7.59. The fourth-order valence-electron chi connectivity index (χ4n) is 1.83. The van der Waals surface area contributed by atoms with Crippen LogP contribution >= 0.6 is 28.6 Å². The smallest absolute Gasteiger partial charge is 0.252 e. The predicted molar refractivity (Wildman–Crippen MR) is 83.8 cm³/mol. The summed E-state index contributed by atoms with van der Waals surface area (Å²) in [6.07, 6.45) is 1.65. The van der Waals surface area contributed by atoms with Crippen molar-refractivity contribution in [2.24, 2.45) is 5.41 Å². The Morgan fingerprint density at radius 3 is 2.58 bits per heavy atom. The molecule has 1 aromatic carbocycles. The number of halogens is 1. The number of amides is 1. The van der Waals surface area contributed by atoms with Gasteiger partial charge in [0.25, 0.3) is 5.91 Å². The van der Waals surface area contributed by atoms with Gasteiger partial charge in [-0.2, -0.15) is 0 Å². The summed E-state index contributed by atoms with van der Waals surface area (Å²) in [7, 11) is 0. The molecule has 0 aliphatic heterocycles. The number of hydrogen-bond donors (Lipinski definition) is 3. The van der Waals surface area contributed by atoms with Crippen molar-refractivity contribution in [1.29, 1.82) is 0 Å². The Bertz CT molecular complexity index is 439. The topological polar surface area (TPSA) is 49.3 Å². The summed E-state index contributed by atoms with van der Waals surface area (Å²) in [6.45, 7) is 4.60. The van der Waals surface area contributed by atoms with Crippen molar-refractivity contribution in [3.05, 3.63) is 28.2 Å². The molecule has 19 heavy (non-hydrogen) atoms. The number of carbonyl (C=O) groups excluding carboxylic acids is 1. The Kier molecular flexibility index (Phi) is 6.36. The van der Waals surface area contributed by atoms with Crippen LogP contribution in [0, 0.1) is 5.41 Å². The minimum Gasteiger partial charge on any atom is -0.396 e. The Morgan fingerprint density at radius 2 is 2.05 bits per heavy atom. The average Bonchev–Trinajstić information content (AvgIpc) is 2.43. The van der Waals surface area contributed by atoms with E-state index in [1.54, 1.807) is 12.1 Å². The highest BCUT2D eigenvalue weighted by atomic mass is 79.9. The van der Waals surface area contributed by atoms with Gasteiger partial charge in [-0.05, 0) is 47.0 Å². The van der Waals surface area contributed by atoms with Gasteiger partial charge in [-0.3, -0.25) is 4.79 Å². The van der Waals surface area contributed by atoms with Gasteiger partial charge in [-0.15, -0.1) is 12.6 Å². The molecule has 0 saturated carbocycles. The van der Waals surface area contributed by atoms with Crippen molar-refractivity contribution in [1.82, 2.24) is 5.32 Å². The number of aliphatic hydroxyl groups excluding tert-OH is 1. The first kappa shape index (κ1) is 16.5. The summed E-state index contributed by atoms with van der Waals surface area (Å²) in [6, 6.07) is 5.34. The lowest BCUT2D eigenvalue weighted by Gasteiger charge is -2.29. The molecule has 0 radical (unpaired) electrons. The number of thiol groups is 1. The molecule has 0 aliphatic rings. The van der Waals surface area contributed by atoms with E-state index in [2.05, 4.69) is 33.9 Å². The Labute approximate surface area is 128 Å². The molecule has 5 heteroatoms. The molecule has 0 saturated heterocycles. The van der Waals surface area contributed by atoms with Gasteiger partial charge in [0.15, 0.2) is 0 Å². The number of nitrogens with one attached hydrogen (secondary N) is 1. The van der Waals surface area contributed by atoms with Gasteiger partial charge in [0, 0.05) is 21.3 Å². The fraction of sp³-hybridized carbons (Fsp3) is 0.500. The standard InChI is InChI=1S/C14H20BrNO2S/c1-3-14(4-2,9-17)8-16-13(18)11-7-10(19)5-6-12(11)15/h5-7,17,19H,3-4,8-9H2,1-2H3,(H,16,18).